The molecule has 1 fully saturated rings. The fourth-order valence-corrected chi connectivity index (χ4v) is 2.16. The number of nitrogens with zero attached hydrogens (tertiary/aromatic N) is 1. The summed E-state index contributed by atoms with van der Waals surface area (Å²) in [6.07, 6.45) is -4.21. The fraction of sp³-hybridized carbons (Fsp3) is 0.800. The molecule has 1 aliphatic heterocycles. The molecule has 1 N–H and O–H groups in total. The molecule has 7 heteroatoms. The summed E-state index contributed by atoms with van der Waals surface area (Å²) in [6.45, 7) is 1.54. The molecule has 1 saturated heterocycles. The van der Waals surface area contributed by atoms with Crippen molar-refractivity contribution in [1.82, 2.24) is 4.90 Å². The van der Waals surface area contributed by atoms with Crippen LogP contribution in [0.5, 0.6) is 0 Å². The van der Waals surface area contributed by atoms with Crippen LogP contribution in [0, 0.1) is 0 Å². The maximum atomic E-state index is 12.3. The van der Waals surface area contributed by atoms with Crippen LogP contribution in [0.2, 0.25) is 0 Å². The molecule has 17 heavy (non-hydrogen) atoms. The monoisotopic (exact) mass is 253 g/mol. The lowest BCUT2D eigenvalue weighted by Crippen LogP contribution is -2.50. The standard InChI is InChI=1S/C10H14F3NO3/c1-9(5-3-7(15)16)4-2-6-14(9)8(17)10(11,12)13/h2-6H2,1H3,(H,15,16)/t9-/m0/s1. The van der Waals surface area contributed by atoms with Crippen LogP contribution in [-0.2, 0) is 9.59 Å². The first-order valence-electron chi connectivity index (χ1n) is 5.27. The first-order valence-corrected chi connectivity index (χ1v) is 5.27. The van der Waals surface area contributed by atoms with Crippen molar-refractivity contribution in [2.45, 2.75) is 44.3 Å². The molecule has 0 aromatic carbocycles. The van der Waals surface area contributed by atoms with Gasteiger partial charge >= 0.3 is 18.1 Å². The van der Waals surface area contributed by atoms with E-state index >= 15 is 0 Å². The average molecular weight is 253 g/mol. The summed E-state index contributed by atoms with van der Waals surface area (Å²) in [5.41, 5.74) is -0.995. The van der Waals surface area contributed by atoms with Gasteiger partial charge in [0.15, 0.2) is 0 Å². The van der Waals surface area contributed by atoms with Crippen LogP contribution in [0.4, 0.5) is 13.2 Å². The first kappa shape index (κ1) is 13.8. The van der Waals surface area contributed by atoms with Gasteiger partial charge in [-0.1, -0.05) is 0 Å². The van der Waals surface area contributed by atoms with Crippen molar-refractivity contribution in [2.24, 2.45) is 0 Å². The van der Waals surface area contributed by atoms with Crippen LogP contribution >= 0.6 is 0 Å². The Kier molecular flexibility index (Phi) is 3.68. The van der Waals surface area contributed by atoms with Gasteiger partial charge in [-0.15, -0.1) is 0 Å². The maximum absolute atomic E-state index is 12.3. The molecule has 1 aliphatic rings. The first-order chi connectivity index (χ1) is 7.67. The molecule has 0 spiro atoms. The number of hydrogen-bond acceptors (Lipinski definition) is 2. The molecule has 0 aromatic rings. The largest absolute Gasteiger partial charge is 0.481 e. The van der Waals surface area contributed by atoms with Crippen molar-refractivity contribution in [3.63, 3.8) is 0 Å². The van der Waals surface area contributed by atoms with Crippen molar-refractivity contribution in [1.29, 1.82) is 0 Å². The van der Waals surface area contributed by atoms with E-state index in [1.165, 1.54) is 6.92 Å². The number of carbonyl (C=O) groups excluding carboxylic acids is 1. The lowest BCUT2D eigenvalue weighted by Gasteiger charge is -2.35. The number of rotatable bonds is 3. The number of likely N-dealkylation sites (tertiary alicyclic amines) is 1. The van der Waals surface area contributed by atoms with Gasteiger partial charge in [-0.05, 0) is 26.2 Å². The Balaban J connectivity index is 2.78. The topological polar surface area (TPSA) is 57.6 Å². The molecule has 0 aromatic heterocycles. The minimum atomic E-state index is -4.89. The van der Waals surface area contributed by atoms with E-state index in [4.69, 9.17) is 5.11 Å². The zero-order valence-electron chi connectivity index (χ0n) is 9.38. The minimum Gasteiger partial charge on any atom is -0.481 e. The van der Waals surface area contributed by atoms with Gasteiger partial charge in [0.2, 0.25) is 0 Å². The van der Waals surface area contributed by atoms with E-state index in [1.807, 2.05) is 0 Å². The summed E-state index contributed by atoms with van der Waals surface area (Å²) in [6, 6.07) is 0. The number of alkyl halides is 3. The Morgan fingerprint density at radius 2 is 2.00 bits per heavy atom. The SMILES string of the molecule is C[C@@]1(CCC(=O)O)CCCN1C(=O)C(F)(F)F. The smallest absolute Gasteiger partial charge is 0.471 e. The zero-order chi connectivity index (χ0) is 13.3. The van der Waals surface area contributed by atoms with Gasteiger partial charge in [0.1, 0.15) is 0 Å². The van der Waals surface area contributed by atoms with Crippen molar-refractivity contribution in [3.8, 4) is 0 Å². The van der Waals surface area contributed by atoms with Gasteiger partial charge in [-0.25, -0.2) is 0 Å². The second-order valence-electron chi connectivity index (χ2n) is 4.45. The van der Waals surface area contributed by atoms with Crippen LogP contribution in [-0.4, -0.2) is 40.1 Å². The van der Waals surface area contributed by atoms with Crippen molar-refractivity contribution < 1.29 is 27.9 Å². The quantitative estimate of drug-likeness (QED) is 0.834. The normalized spacial score (nSPS) is 25.1. The Hall–Kier alpha value is -1.27. The molecular formula is C10H14F3NO3. The molecule has 98 valence electrons. The molecule has 0 unspecified atom stereocenters. The molecule has 1 amide bonds. The van der Waals surface area contributed by atoms with Crippen molar-refractivity contribution >= 4 is 11.9 Å². The van der Waals surface area contributed by atoms with Gasteiger partial charge in [-0.3, -0.25) is 9.59 Å². The van der Waals surface area contributed by atoms with Gasteiger partial charge < -0.3 is 10.0 Å². The molecular weight excluding hydrogens is 239 g/mol. The Morgan fingerprint density at radius 1 is 1.41 bits per heavy atom. The molecule has 0 aliphatic carbocycles. The number of carboxylic acids is 1. The molecule has 0 bridgehead atoms. The second-order valence-corrected chi connectivity index (χ2v) is 4.45. The van der Waals surface area contributed by atoms with Crippen LogP contribution < -0.4 is 0 Å². The number of hydrogen-bond donors (Lipinski definition) is 1. The molecule has 0 saturated carbocycles. The van der Waals surface area contributed by atoms with Crippen LogP contribution in [0.25, 0.3) is 0 Å². The Labute approximate surface area is 96.4 Å². The number of halogens is 3. The van der Waals surface area contributed by atoms with Crippen LogP contribution in [0.15, 0.2) is 0 Å². The third kappa shape index (κ3) is 3.10. The number of carboxylic acid groups (broad SMARTS) is 1. The summed E-state index contributed by atoms with van der Waals surface area (Å²) < 4.78 is 37.0. The van der Waals surface area contributed by atoms with Gasteiger partial charge in [0, 0.05) is 18.5 Å². The third-order valence-electron chi connectivity index (χ3n) is 3.11. The van der Waals surface area contributed by atoms with Crippen molar-refractivity contribution in [2.75, 3.05) is 6.54 Å². The van der Waals surface area contributed by atoms with Crippen LogP contribution in [0.1, 0.15) is 32.6 Å². The molecule has 0 radical (unpaired) electrons. The molecule has 1 rings (SSSR count). The lowest BCUT2D eigenvalue weighted by atomic mass is 9.92. The minimum absolute atomic E-state index is 0.0362. The highest BCUT2D eigenvalue weighted by Gasteiger charge is 2.50. The van der Waals surface area contributed by atoms with E-state index < -0.39 is 23.6 Å². The highest BCUT2D eigenvalue weighted by molar-refractivity contribution is 5.83. The highest BCUT2D eigenvalue weighted by atomic mass is 19.4. The van der Waals surface area contributed by atoms with E-state index in [9.17, 15) is 22.8 Å². The summed E-state index contributed by atoms with van der Waals surface area (Å²) in [7, 11) is 0. The van der Waals surface area contributed by atoms with Gasteiger partial charge in [-0.2, -0.15) is 13.2 Å². The summed E-state index contributed by atoms with van der Waals surface area (Å²) in [5, 5.41) is 8.55. The Bertz CT molecular complexity index is 329. The van der Waals surface area contributed by atoms with E-state index in [1.54, 1.807) is 0 Å². The van der Waals surface area contributed by atoms with Crippen molar-refractivity contribution in [3.05, 3.63) is 0 Å². The average Bonchev–Trinajstić information content (AvgIpc) is 2.55. The van der Waals surface area contributed by atoms with Crippen LogP contribution in [0.3, 0.4) is 0 Å². The predicted octanol–water partition coefficient (Wildman–Crippen LogP) is 1.79. The number of amides is 1. The van der Waals surface area contributed by atoms with E-state index in [0.717, 1.165) is 4.90 Å². The van der Waals surface area contributed by atoms with E-state index in [0.29, 0.717) is 12.8 Å². The van der Waals surface area contributed by atoms with Gasteiger partial charge in [0.25, 0.3) is 0 Å². The molecule has 4 nitrogen and oxygen atoms in total. The second kappa shape index (κ2) is 4.54. The van der Waals surface area contributed by atoms with E-state index in [2.05, 4.69) is 0 Å². The molecule has 1 heterocycles. The van der Waals surface area contributed by atoms with Gasteiger partial charge in [0.05, 0.1) is 0 Å². The number of carbonyl (C=O) groups is 2. The predicted molar refractivity (Wildman–Crippen MR) is 52.3 cm³/mol. The maximum Gasteiger partial charge on any atom is 0.471 e. The van der Waals surface area contributed by atoms with E-state index in [-0.39, 0.29) is 19.4 Å². The zero-order valence-corrected chi connectivity index (χ0v) is 9.38. The Morgan fingerprint density at radius 3 is 2.47 bits per heavy atom. The summed E-state index contributed by atoms with van der Waals surface area (Å²) in [4.78, 5) is 22.4. The third-order valence-corrected chi connectivity index (χ3v) is 3.11. The molecule has 1 atom stereocenters. The number of aliphatic carboxylic acids is 1. The lowest BCUT2D eigenvalue weighted by molar-refractivity contribution is -0.189. The fourth-order valence-electron chi connectivity index (χ4n) is 2.16. The summed E-state index contributed by atoms with van der Waals surface area (Å²) in [5.74, 6) is -2.94. The highest BCUT2D eigenvalue weighted by Crippen LogP contribution is 2.36. The summed E-state index contributed by atoms with van der Waals surface area (Å²) >= 11 is 0.